The summed E-state index contributed by atoms with van der Waals surface area (Å²) >= 11 is 6.23. The highest BCUT2D eigenvalue weighted by Crippen LogP contribution is 2.44. The number of halogens is 2. The van der Waals surface area contributed by atoms with Crippen molar-refractivity contribution in [3.8, 4) is 0 Å². The van der Waals surface area contributed by atoms with E-state index in [2.05, 4.69) is 20.5 Å². The summed E-state index contributed by atoms with van der Waals surface area (Å²) in [6.07, 6.45) is 4.31. The summed E-state index contributed by atoms with van der Waals surface area (Å²) in [7, 11) is 0. The number of guanidine groups is 1. The first-order valence-corrected chi connectivity index (χ1v) is 11.3. The van der Waals surface area contributed by atoms with Gasteiger partial charge < -0.3 is 20.3 Å². The van der Waals surface area contributed by atoms with E-state index in [0.717, 1.165) is 58.1 Å². The van der Waals surface area contributed by atoms with Gasteiger partial charge in [0.05, 0.1) is 6.61 Å². The van der Waals surface area contributed by atoms with Gasteiger partial charge in [0.25, 0.3) is 0 Å². The summed E-state index contributed by atoms with van der Waals surface area (Å²) in [5.41, 5.74) is 0.631. The molecule has 3 unspecified atom stereocenters. The quantitative estimate of drug-likeness (QED) is 0.545. The Hall–Kier alpha value is -1.37. The van der Waals surface area contributed by atoms with Crippen LogP contribution in [0.3, 0.4) is 0 Å². The molecule has 4 rings (SSSR count). The van der Waals surface area contributed by atoms with Gasteiger partial charge in [-0.05, 0) is 50.7 Å². The summed E-state index contributed by atoms with van der Waals surface area (Å²) in [5.74, 6) is 1.45. The molecule has 1 aromatic rings. The van der Waals surface area contributed by atoms with Crippen molar-refractivity contribution in [2.24, 2.45) is 10.9 Å². The van der Waals surface area contributed by atoms with Crippen LogP contribution in [-0.4, -0.2) is 62.3 Å². The average Bonchev–Trinajstić information content (AvgIpc) is 3.23. The molecule has 2 heterocycles. The molecule has 0 amide bonds. The molecular formula is C22H32ClFN4O. The lowest BCUT2D eigenvalue weighted by atomic mass is 10.0. The Bertz CT molecular complexity index is 697. The van der Waals surface area contributed by atoms with Crippen LogP contribution in [0.2, 0.25) is 5.02 Å². The number of piperidine rings is 1. The summed E-state index contributed by atoms with van der Waals surface area (Å²) in [6.45, 7) is 7.99. The summed E-state index contributed by atoms with van der Waals surface area (Å²) in [4.78, 5) is 7.18. The molecule has 2 saturated heterocycles. The van der Waals surface area contributed by atoms with Crippen LogP contribution < -0.4 is 10.6 Å². The van der Waals surface area contributed by atoms with Gasteiger partial charge in [-0.25, -0.2) is 4.39 Å². The van der Waals surface area contributed by atoms with E-state index in [9.17, 15) is 4.39 Å². The number of aliphatic imine (C=N–C) groups is 1. The highest BCUT2D eigenvalue weighted by Gasteiger charge is 2.42. The van der Waals surface area contributed by atoms with Gasteiger partial charge in [-0.3, -0.25) is 4.99 Å². The fourth-order valence-electron chi connectivity index (χ4n) is 4.55. The van der Waals surface area contributed by atoms with Crippen molar-refractivity contribution in [1.29, 1.82) is 0 Å². The van der Waals surface area contributed by atoms with Crippen LogP contribution >= 0.6 is 11.6 Å². The second-order valence-electron chi connectivity index (χ2n) is 8.50. The largest absolute Gasteiger partial charge is 0.381 e. The van der Waals surface area contributed by atoms with Gasteiger partial charge in [-0.15, -0.1) is 0 Å². The van der Waals surface area contributed by atoms with Crippen LogP contribution in [0.15, 0.2) is 23.2 Å². The van der Waals surface area contributed by atoms with E-state index < -0.39 is 0 Å². The van der Waals surface area contributed by atoms with Gasteiger partial charge in [0, 0.05) is 61.4 Å². The van der Waals surface area contributed by atoms with E-state index in [1.54, 1.807) is 12.1 Å². The number of hydrogen-bond donors (Lipinski definition) is 2. The maximum atomic E-state index is 14.2. The van der Waals surface area contributed by atoms with E-state index in [1.165, 1.54) is 12.5 Å². The highest BCUT2D eigenvalue weighted by atomic mass is 35.5. The van der Waals surface area contributed by atoms with Crippen LogP contribution in [0, 0.1) is 11.7 Å². The van der Waals surface area contributed by atoms with Crippen LogP contribution in [0.5, 0.6) is 0 Å². The molecule has 1 aliphatic carbocycles. The monoisotopic (exact) mass is 422 g/mol. The Morgan fingerprint density at radius 1 is 1.28 bits per heavy atom. The first-order chi connectivity index (χ1) is 14.1. The van der Waals surface area contributed by atoms with Crippen molar-refractivity contribution in [3.05, 3.63) is 34.6 Å². The third kappa shape index (κ3) is 5.41. The van der Waals surface area contributed by atoms with E-state index in [-0.39, 0.29) is 17.8 Å². The van der Waals surface area contributed by atoms with Crippen molar-refractivity contribution in [2.75, 3.05) is 39.4 Å². The Balaban J connectivity index is 1.26. The molecule has 0 aromatic heterocycles. The number of rotatable bonds is 6. The number of benzene rings is 1. The fraction of sp³-hybridized carbons (Fsp3) is 0.682. The molecule has 160 valence electrons. The Kier molecular flexibility index (Phi) is 6.93. The molecular weight excluding hydrogens is 391 g/mol. The van der Waals surface area contributed by atoms with Crippen LogP contribution in [0.4, 0.5) is 4.39 Å². The zero-order valence-corrected chi connectivity index (χ0v) is 17.9. The molecule has 2 aliphatic heterocycles. The van der Waals surface area contributed by atoms with E-state index in [1.807, 2.05) is 6.92 Å². The van der Waals surface area contributed by atoms with Crippen molar-refractivity contribution < 1.29 is 9.13 Å². The molecule has 1 aromatic carbocycles. The van der Waals surface area contributed by atoms with Gasteiger partial charge >= 0.3 is 0 Å². The number of nitrogens with one attached hydrogen (secondary N) is 2. The Morgan fingerprint density at radius 3 is 2.79 bits per heavy atom. The van der Waals surface area contributed by atoms with Crippen molar-refractivity contribution >= 4 is 17.6 Å². The average molecular weight is 423 g/mol. The number of likely N-dealkylation sites (tertiary alicyclic amines) is 1. The first-order valence-electron chi connectivity index (χ1n) is 11.0. The fourth-order valence-corrected chi connectivity index (χ4v) is 4.85. The molecule has 1 saturated carbocycles. The molecule has 5 nitrogen and oxygen atoms in total. The number of ether oxygens (including phenoxy) is 1. The molecule has 3 aliphatic rings. The van der Waals surface area contributed by atoms with Crippen molar-refractivity contribution in [1.82, 2.24) is 15.5 Å². The zero-order chi connectivity index (χ0) is 20.2. The molecule has 29 heavy (non-hydrogen) atoms. The predicted molar refractivity (Wildman–Crippen MR) is 115 cm³/mol. The SMILES string of the molecule is CCN=C(NC1CCN(CC2CCOC2)CC1)NC1CC1c1c(F)cccc1Cl. The highest BCUT2D eigenvalue weighted by molar-refractivity contribution is 6.31. The smallest absolute Gasteiger partial charge is 0.191 e. The van der Waals surface area contributed by atoms with Crippen LogP contribution in [0.1, 0.15) is 44.1 Å². The topological polar surface area (TPSA) is 48.9 Å². The van der Waals surface area contributed by atoms with Gasteiger partial charge in [-0.2, -0.15) is 0 Å². The van der Waals surface area contributed by atoms with Crippen LogP contribution in [-0.2, 0) is 4.74 Å². The molecule has 0 radical (unpaired) electrons. The maximum absolute atomic E-state index is 14.2. The van der Waals surface area contributed by atoms with Gasteiger partial charge in [-0.1, -0.05) is 17.7 Å². The molecule has 3 atom stereocenters. The minimum absolute atomic E-state index is 0.114. The minimum Gasteiger partial charge on any atom is -0.381 e. The van der Waals surface area contributed by atoms with Crippen molar-refractivity contribution in [3.63, 3.8) is 0 Å². The normalized spacial score (nSPS) is 28.5. The molecule has 3 fully saturated rings. The Morgan fingerprint density at radius 2 is 2.10 bits per heavy atom. The molecule has 7 heteroatoms. The van der Waals surface area contributed by atoms with E-state index >= 15 is 0 Å². The second-order valence-corrected chi connectivity index (χ2v) is 8.91. The summed E-state index contributed by atoms with van der Waals surface area (Å²) < 4.78 is 19.7. The molecule has 0 bridgehead atoms. The first kappa shape index (κ1) is 20.9. The summed E-state index contributed by atoms with van der Waals surface area (Å²) in [5, 5.41) is 7.62. The van der Waals surface area contributed by atoms with Gasteiger partial charge in [0.1, 0.15) is 5.82 Å². The number of hydrogen-bond acceptors (Lipinski definition) is 3. The van der Waals surface area contributed by atoms with Crippen LogP contribution in [0.25, 0.3) is 0 Å². The van der Waals surface area contributed by atoms with E-state index in [0.29, 0.717) is 29.1 Å². The third-order valence-electron chi connectivity index (χ3n) is 6.27. The second kappa shape index (κ2) is 9.63. The lowest BCUT2D eigenvalue weighted by Crippen LogP contribution is -2.50. The minimum atomic E-state index is -0.214. The van der Waals surface area contributed by atoms with Gasteiger partial charge in [0.15, 0.2) is 5.96 Å². The standard InChI is InChI=1S/C22H32ClFN4O/c1-2-25-22(27-20-12-17(20)21-18(23)4-3-5-19(21)24)26-16-6-9-28(10-7-16)13-15-8-11-29-14-15/h3-5,15-17,20H,2,6-14H2,1H3,(H2,25,26,27). The number of nitrogens with zero attached hydrogens (tertiary/aromatic N) is 2. The Labute approximate surface area is 178 Å². The zero-order valence-electron chi connectivity index (χ0n) is 17.2. The molecule has 0 spiro atoms. The maximum Gasteiger partial charge on any atom is 0.191 e. The van der Waals surface area contributed by atoms with Gasteiger partial charge in [0.2, 0.25) is 0 Å². The van der Waals surface area contributed by atoms with Crippen molar-refractivity contribution in [2.45, 2.75) is 50.6 Å². The third-order valence-corrected chi connectivity index (χ3v) is 6.60. The molecule has 2 N–H and O–H groups in total. The predicted octanol–water partition coefficient (Wildman–Crippen LogP) is 3.39. The lowest BCUT2D eigenvalue weighted by Gasteiger charge is -2.34. The van der Waals surface area contributed by atoms with E-state index in [4.69, 9.17) is 16.3 Å². The lowest BCUT2D eigenvalue weighted by molar-refractivity contribution is 0.150. The summed E-state index contributed by atoms with van der Waals surface area (Å²) in [6, 6.07) is 5.52.